The SMILES string of the molecule is Nc1nnn(Cc2c(Cl)cccc2Cl)c1C1CC1. The first-order chi connectivity index (χ1) is 8.66. The molecule has 18 heavy (non-hydrogen) atoms. The van der Waals surface area contributed by atoms with Crippen molar-refractivity contribution in [3.8, 4) is 0 Å². The second-order valence-corrected chi connectivity index (χ2v) is 5.31. The Hall–Kier alpha value is -1.26. The molecule has 1 aromatic carbocycles. The molecule has 1 fully saturated rings. The Balaban J connectivity index is 1.97. The highest BCUT2D eigenvalue weighted by Crippen LogP contribution is 2.42. The van der Waals surface area contributed by atoms with Gasteiger partial charge in [0.05, 0.1) is 12.2 Å². The number of nitrogens with two attached hydrogens (primary N) is 1. The lowest BCUT2D eigenvalue weighted by atomic mass is 10.2. The van der Waals surface area contributed by atoms with Crippen LogP contribution in [-0.2, 0) is 6.54 Å². The average Bonchev–Trinajstić information content (AvgIpc) is 3.09. The van der Waals surface area contributed by atoms with Crippen LogP contribution < -0.4 is 5.73 Å². The molecule has 0 spiro atoms. The van der Waals surface area contributed by atoms with E-state index in [-0.39, 0.29) is 0 Å². The molecular formula is C12H12Cl2N4. The number of anilines is 1. The van der Waals surface area contributed by atoms with Crippen molar-refractivity contribution in [2.45, 2.75) is 25.3 Å². The molecule has 1 aliphatic carbocycles. The summed E-state index contributed by atoms with van der Waals surface area (Å²) in [6.45, 7) is 0.508. The molecule has 94 valence electrons. The van der Waals surface area contributed by atoms with Crippen LogP contribution in [0.15, 0.2) is 18.2 Å². The van der Waals surface area contributed by atoms with Gasteiger partial charge in [-0.05, 0) is 25.0 Å². The summed E-state index contributed by atoms with van der Waals surface area (Å²) < 4.78 is 1.81. The second-order valence-electron chi connectivity index (χ2n) is 4.49. The van der Waals surface area contributed by atoms with Gasteiger partial charge < -0.3 is 5.73 Å². The molecule has 0 aliphatic heterocycles. The fraction of sp³-hybridized carbons (Fsp3) is 0.333. The lowest BCUT2D eigenvalue weighted by molar-refractivity contribution is 0.620. The van der Waals surface area contributed by atoms with Crippen molar-refractivity contribution in [2.75, 3.05) is 5.73 Å². The van der Waals surface area contributed by atoms with E-state index < -0.39 is 0 Å². The van der Waals surface area contributed by atoms with Gasteiger partial charge in [-0.1, -0.05) is 34.5 Å². The van der Waals surface area contributed by atoms with Gasteiger partial charge in [-0.25, -0.2) is 4.68 Å². The van der Waals surface area contributed by atoms with Crippen LogP contribution in [0.4, 0.5) is 5.82 Å². The van der Waals surface area contributed by atoms with Crippen LogP contribution in [0.3, 0.4) is 0 Å². The van der Waals surface area contributed by atoms with E-state index in [1.165, 1.54) is 0 Å². The zero-order valence-electron chi connectivity index (χ0n) is 9.61. The van der Waals surface area contributed by atoms with E-state index >= 15 is 0 Å². The number of halogens is 2. The summed E-state index contributed by atoms with van der Waals surface area (Å²) in [5, 5.41) is 9.29. The van der Waals surface area contributed by atoms with Crippen LogP contribution >= 0.6 is 23.2 Å². The largest absolute Gasteiger partial charge is 0.381 e. The van der Waals surface area contributed by atoms with E-state index in [0.717, 1.165) is 24.1 Å². The van der Waals surface area contributed by atoms with E-state index in [2.05, 4.69) is 10.3 Å². The van der Waals surface area contributed by atoms with E-state index in [0.29, 0.717) is 28.3 Å². The normalized spacial score (nSPS) is 15.0. The van der Waals surface area contributed by atoms with Crippen molar-refractivity contribution < 1.29 is 0 Å². The Morgan fingerprint density at radius 3 is 2.56 bits per heavy atom. The number of nitrogens with zero attached hydrogens (tertiary/aromatic N) is 3. The van der Waals surface area contributed by atoms with Gasteiger partial charge in [-0.2, -0.15) is 0 Å². The first kappa shape index (κ1) is 11.8. The summed E-state index contributed by atoms with van der Waals surface area (Å²) in [5.41, 5.74) is 7.71. The van der Waals surface area contributed by atoms with Gasteiger partial charge >= 0.3 is 0 Å². The highest BCUT2D eigenvalue weighted by atomic mass is 35.5. The molecule has 0 unspecified atom stereocenters. The van der Waals surface area contributed by atoms with Crippen LogP contribution in [0, 0.1) is 0 Å². The molecule has 2 N–H and O–H groups in total. The molecule has 0 amide bonds. The predicted molar refractivity (Wildman–Crippen MR) is 72.0 cm³/mol. The average molecular weight is 283 g/mol. The van der Waals surface area contributed by atoms with Gasteiger partial charge in [0.1, 0.15) is 0 Å². The summed E-state index contributed by atoms with van der Waals surface area (Å²) >= 11 is 12.3. The third kappa shape index (κ3) is 2.06. The molecular weight excluding hydrogens is 271 g/mol. The van der Waals surface area contributed by atoms with Gasteiger partial charge in [0.15, 0.2) is 5.82 Å². The van der Waals surface area contributed by atoms with E-state index in [4.69, 9.17) is 28.9 Å². The fourth-order valence-electron chi connectivity index (χ4n) is 2.06. The highest BCUT2D eigenvalue weighted by Gasteiger charge is 2.30. The number of hydrogen-bond acceptors (Lipinski definition) is 3. The quantitative estimate of drug-likeness (QED) is 0.941. The molecule has 0 atom stereocenters. The van der Waals surface area contributed by atoms with E-state index in [1.54, 1.807) is 4.68 Å². The van der Waals surface area contributed by atoms with Crippen LogP contribution in [-0.4, -0.2) is 15.0 Å². The van der Waals surface area contributed by atoms with Crippen LogP contribution in [0.5, 0.6) is 0 Å². The van der Waals surface area contributed by atoms with Crippen LogP contribution in [0.25, 0.3) is 0 Å². The molecule has 0 saturated heterocycles. The van der Waals surface area contributed by atoms with Crippen molar-refractivity contribution in [3.63, 3.8) is 0 Å². The molecule has 1 saturated carbocycles. The minimum atomic E-state index is 0.487. The predicted octanol–water partition coefficient (Wildman–Crippen LogP) is 3.09. The maximum Gasteiger partial charge on any atom is 0.169 e. The fourth-order valence-corrected chi connectivity index (χ4v) is 2.58. The van der Waals surface area contributed by atoms with Crippen molar-refractivity contribution in [1.82, 2.24) is 15.0 Å². The zero-order valence-corrected chi connectivity index (χ0v) is 11.1. The van der Waals surface area contributed by atoms with Crippen molar-refractivity contribution in [1.29, 1.82) is 0 Å². The van der Waals surface area contributed by atoms with Crippen molar-refractivity contribution >= 4 is 29.0 Å². The molecule has 3 rings (SSSR count). The minimum absolute atomic E-state index is 0.487. The van der Waals surface area contributed by atoms with Crippen molar-refractivity contribution in [2.24, 2.45) is 0 Å². The molecule has 1 aromatic heterocycles. The third-order valence-electron chi connectivity index (χ3n) is 3.13. The van der Waals surface area contributed by atoms with Crippen molar-refractivity contribution in [3.05, 3.63) is 39.5 Å². The highest BCUT2D eigenvalue weighted by molar-refractivity contribution is 6.35. The van der Waals surface area contributed by atoms with Crippen LogP contribution in [0.2, 0.25) is 10.0 Å². The number of aromatic nitrogens is 3. The molecule has 1 heterocycles. The number of nitrogen functional groups attached to an aromatic ring is 1. The first-order valence-corrected chi connectivity index (χ1v) is 6.54. The molecule has 0 bridgehead atoms. The number of rotatable bonds is 3. The van der Waals surface area contributed by atoms with E-state index in [1.807, 2.05) is 18.2 Å². The van der Waals surface area contributed by atoms with Gasteiger partial charge in [-0.15, -0.1) is 5.10 Å². The summed E-state index contributed by atoms with van der Waals surface area (Å²) in [7, 11) is 0. The lowest BCUT2D eigenvalue weighted by Gasteiger charge is -2.09. The standard InChI is InChI=1S/C12H12Cl2N4/c13-9-2-1-3-10(14)8(9)6-18-11(7-4-5-7)12(15)16-17-18/h1-3,7H,4-6,15H2. The topological polar surface area (TPSA) is 56.7 Å². The minimum Gasteiger partial charge on any atom is -0.381 e. The lowest BCUT2D eigenvalue weighted by Crippen LogP contribution is -2.07. The maximum absolute atomic E-state index is 6.16. The Kier molecular flexibility index (Phi) is 2.92. The third-order valence-corrected chi connectivity index (χ3v) is 3.84. The number of hydrogen-bond donors (Lipinski definition) is 1. The molecule has 1 aliphatic rings. The number of benzene rings is 1. The Morgan fingerprint density at radius 1 is 1.28 bits per heavy atom. The Labute approximate surface area is 115 Å². The first-order valence-electron chi connectivity index (χ1n) is 5.78. The van der Waals surface area contributed by atoms with Gasteiger partial charge in [0, 0.05) is 21.5 Å². The summed E-state index contributed by atoms with van der Waals surface area (Å²) in [4.78, 5) is 0. The summed E-state index contributed by atoms with van der Waals surface area (Å²) in [5.74, 6) is 1.00. The maximum atomic E-state index is 6.16. The van der Waals surface area contributed by atoms with Gasteiger partial charge in [-0.3, -0.25) is 0 Å². The molecule has 0 radical (unpaired) electrons. The molecule has 6 heteroatoms. The van der Waals surface area contributed by atoms with Gasteiger partial charge in [0.25, 0.3) is 0 Å². The monoisotopic (exact) mass is 282 g/mol. The Morgan fingerprint density at radius 2 is 1.94 bits per heavy atom. The zero-order chi connectivity index (χ0) is 12.7. The second kappa shape index (κ2) is 4.44. The molecule has 2 aromatic rings. The van der Waals surface area contributed by atoms with E-state index in [9.17, 15) is 0 Å². The smallest absolute Gasteiger partial charge is 0.169 e. The summed E-state index contributed by atoms with van der Waals surface area (Å²) in [6, 6.07) is 5.46. The van der Waals surface area contributed by atoms with Gasteiger partial charge in [0.2, 0.25) is 0 Å². The van der Waals surface area contributed by atoms with Crippen LogP contribution in [0.1, 0.15) is 30.0 Å². The Bertz CT molecular complexity index is 570. The molecule has 4 nitrogen and oxygen atoms in total. The summed E-state index contributed by atoms with van der Waals surface area (Å²) in [6.07, 6.45) is 2.29.